The lowest BCUT2D eigenvalue weighted by molar-refractivity contribution is -0.171. The van der Waals surface area contributed by atoms with Gasteiger partial charge in [-0.25, -0.2) is 0 Å². The number of esters is 1. The normalized spacial score (nSPS) is 18.4. The molecule has 0 saturated carbocycles. The van der Waals surface area contributed by atoms with Gasteiger partial charge < -0.3 is 4.74 Å². The van der Waals surface area contributed by atoms with E-state index in [0.29, 0.717) is 0 Å². The van der Waals surface area contributed by atoms with Gasteiger partial charge in [0, 0.05) is 5.57 Å². The average Bonchev–Trinajstić information content (AvgIpc) is 2.38. The van der Waals surface area contributed by atoms with Gasteiger partial charge in [-0.3, -0.25) is 14.4 Å². The van der Waals surface area contributed by atoms with Gasteiger partial charge >= 0.3 is 12.1 Å². The number of ketones is 2. The van der Waals surface area contributed by atoms with Crippen molar-refractivity contribution in [1.29, 1.82) is 0 Å². The maximum absolute atomic E-state index is 12.0. The molecule has 0 spiro atoms. The van der Waals surface area contributed by atoms with E-state index in [1.54, 1.807) is 6.92 Å². The molecule has 0 radical (unpaired) electrons. The van der Waals surface area contributed by atoms with Crippen LogP contribution in [-0.2, 0) is 19.1 Å². The average molecular weight is 290 g/mol. The van der Waals surface area contributed by atoms with Crippen LogP contribution in [0.25, 0.3) is 0 Å². The summed E-state index contributed by atoms with van der Waals surface area (Å²) in [7, 11) is 0. The van der Waals surface area contributed by atoms with Crippen molar-refractivity contribution in [3.8, 4) is 0 Å². The highest BCUT2D eigenvalue weighted by atomic mass is 19.4. The lowest BCUT2D eigenvalue weighted by Gasteiger charge is -2.14. The van der Waals surface area contributed by atoms with Gasteiger partial charge in [0.1, 0.15) is 0 Å². The van der Waals surface area contributed by atoms with Crippen molar-refractivity contribution in [3.63, 3.8) is 0 Å². The summed E-state index contributed by atoms with van der Waals surface area (Å²) in [5.41, 5.74) is 0.00292. The Bertz CT molecular complexity index is 474. The molecule has 1 aliphatic carbocycles. The lowest BCUT2D eigenvalue weighted by atomic mass is 9.93. The number of halogens is 3. The molecule has 0 N–H and O–H groups in total. The van der Waals surface area contributed by atoms with E-state index in [1.807, 2.05) is 0 Å². The summed E-state index contributed by atoms with van der Waals surface area (Å²) < 4.78 is 40.9. The SMILES string of the molecule is CCOC(=O)C1C=CC(C(=O)CC(=O)C(F)(F)F)=CC1. The number of hydrogen-bond donors (Lipinski definition) is 0. The van der Waals surface area contributed by atoms with Crippen LogP contribution in [0.5, 0.6) is 0 Å². The van der Waals surface area contributed by atoms with E-state index < -0.39 is 36.1 Å². The molecule has 1 atom stereocenters. The Hall–Kier alpha value is -1.92. The zero-order valence-corrected chi connectivity index (χ0v) is 10.7. The summed E-state index contributed by atoms with van der Waals surface area (Å²) in [5, 5.41) is 0. The van der Waals surface area contributed by atoms with Crippen LogP contribution in [0.1, 0.15) is 19.8 Å². The largest absolute Gasteiger partial charge is 0.466 e. The molecule has 0 aliphatic heterocycles. The Morgan fingerprint density at radius 3 is 2.45 bits per heavy atom. The van der Waals surface area contributed by atoms with Crippen LogP contribution in [0.15, 0.2) is 23.8 Å². The summed E-state index contributed by atoms with van der Waals surface area (Å²) in [5.74, 6) is -4.00. The topological polar surface area (TPSA) is 60.4 Å². The highest BCUT2D eigenvalue weighted by molar-refractivity contribution is 6.10. The molecule has 0 saturated heterocycles. The summed E-state index contributed by atoms with van der Waals surface area (Å²) >= 11 is 0. The second kappa shape index (κ2) is 6.49. The van der Waals surface area contributed by atoms with Crippen molar-refractivity contribution in [1.82, 2.24) is 0 Å². The van der Waals surface area contributed by atoms with Gasteiger partial charge in [-0.15, -0.1) is 0 Å². The van der Waals surface area contributed by atoms with E-state index in [4.69, 9.17) is 4.74 Å². The van der Waals surface area contributed by atoms with Gasteiger partial charge in [-0.2, -0.15) is 13.2 Å². The predicted octanol–water partition coefficient (Wildman–Crippen LogP) is 2.14. The minimum absolute atomic E-state index is 0.00292. The number of rotatable bonds is 5. The Labute approximate surface area is 113 Å². The first-order valence-corrected chi connectivity index (χ1v) is 5.94. The number of carbonyl (C=O) groups excluding carboxylic acids is 3. The van der Waals surface area contributed by atoms with Gasteiger partial charge in [-0.05, 0) is 13.3 Å². The Balaban J connectivity index is 2.60. The second-order valence-electron chi connectivity index (χ2n) is 4.13. The maximum Gasteiger partial charge on any atom is 0.450 e. The molecule has 0 aromatic rings. The van der Waals surface area contributed by atoms with Crippen molar-refractivity contribution < 1.29 is 32.3 Å². The minimum Gasteiger partial charge on any atom is -0.466 e. The molecule has 0 aromatic carbocycles. The fourth-order valence-corrected chi connectivity index (χ4v) is 1.60. The second-order valence-corrected chi connectivity index (χ2v) is 4.13. The Morgan fingerprint density at radius 1 is 1.35 bits per heavy atom. The first-order valence-electron chi connectivity index (χ1n) is 5.94. The fourth-order valence-electron chi connectivity index (χ4n) is 1.60. The molecule has 20 heavy (non-hydrogen) atoms. The van der Waals surface area contributed by atoms with Crippen molar-refractivity contribution in [3.05, 3.63) is 23.8 Å². The molecule has 0 aromatic heterocycles. The van der Waals surface area contributed by atoms with Gasteiger partial charge in [0.05, 0.1) is 18.9 Å². The third-order valence-electron chi connectivity index (χ3n) is 2.65. The van der Waals surface area contributed by atoms with Gasteiger partial charge in [0.2, 0.25) is 5.78 Å². The summed E-state index contributed by atoms with van der Waals surface area (Å²) in [6.07, 6.45) is -2.09. The molecular weight excluding hydrogens is 277 g/mol. The molecular formula is C13H13F3O4. The minimum atomic E-state index is -5.01. The molecule has 1 rings (SSSR count). The highest BCUT2D eigenvalue weighted by Crippen LogP contribution is 2.22. The first kappa shape index (κ1) is 16.1. The summed E-state index contributed by atoms with van der Waals surface area (Å²) in [6.45, 7) is 1.87. The zero-order valence-electron chi connectivity index (χ0n) is 10.7. The van der Waals surface area contributed by atoms with Crippen LogP contribution in [0.3, 0.4) is 0 Å². The Morgan fingerprint density at radius 2 is 2.00 bits per heavy atom. The molecule has 0 heterocycles. The summed E-state index contributed by atoms with van der Waals surface area (Å²) in [6, 6.07) is 0. The number of hydrogen-bond acceptors (Lipinski definition) is 4. The highest BCUT2D eigenvalue weighted by Gasteiger charge is 2.39. The number of ether oxygens (including phenoxy) is 1. The molecule has 1 aliphatic rings. The van der Waals surface area contributed by atoms with E-state index in [-0.39, 0.29) is 18.6 Å². The molecule has 4 nitrogen and oxygen atoms in total. The summed E-state index contributed by atoms with van der Waals surface area (Å²) in [4.78, 5) is 33.6. The first-order chi connectivity index (χ1) is 9.25. The van der Waals surface area contributed by atoms with Crippen molar-refractivity contribution in [2.75, 3.05) is 6.61 Å². The van der Waals surface area contributed by atoms with Crippen molar-refractivity contribution in [2.24, 2.45) is 5.92 Å². The van der Waals surface area contributed by atoms with E-state index in [2.05, 4.69) is 0 Å². The Kier molecular flexibility index (Phi) is 5.24. The molecule has 0 fully saturated rings. The van der Waals surface area contributed by atoms with Gasteiger partial charge in [0.25, 0.3) is 0 Å². The smallest absolute Gasteiger partial charge is 0.450 e. The van der Waals surface area contributed by atoms with Gasteiger partial charge in [-0.1, -0.05) is 18.2 Å². The van der Waals surface area contributed by atoms with Crippen LogP contribution < -0.4 is 0 Å². The molecule has 110 valence electrons. The van der Waals surface area contributed by atoms with Crippen LogP contribution in [0, 0.1) is 5.92 Å². The van der Waals surface area contributed by atoms with E-state index >= 15 is 0 Å². The quantitative estimate of drug-likeness (QED) is 0.575. The molecule has 0 amide bonds. The number of Topliss-reactive ketones (excluding diaryl/α,β-unsaturated/α-hetero) is 2. The van der Waals surface area contributed by atoms with Gasteiger partial charge in [0.15, 0.2) is 5.78 Å². The zero-order chi connectivity index (χ0) is 15.3. The maximum atomic E-state index is 12.0. The van der Waals surface area contributed by atoms with Crippen LogP contribution >= 0.6 is 0 Å². The fraction of sp³-hybridized carbons (Fsp3) is 0.462. The van der Waals surface area contributed by atoms with E-state index in [1.165, 1.54) is 18.2 Å². The molecule has 7 heteroatoms. The van der Waals surface area contributed by atoms with Crippen LogP contribution in [0.4, 0.5) is 13.2 Å². The van der Waals surface area contributed by atoms with E-state index in [9.17, 15) is 27.6 Å². The third-order valence-corrected chi connectivity index (χ3v) is 2.65. The predicted molar refractivity (Wildman–Crippen MR) is 62.6 cm³/mol. The number of alkyl halides is 3. The van der Waals surface area contributed by atoms with Crippen LogP contribution in [-0.4, -0.2) is 30.3 Å². The van der Waals surface area contributed by atoms with Crippen LogP contribution in [0.2, 0.25) is 0 Å². The number of carbonyl (C=O) groups is 3. The molecule has 1 unspecified atom stereocenters. The van der Waals surface area contributed by atoms with Crippen molar-refractivity contribution in [2.45, 2.75) is 25.9 Å². The van der Waals surface area contributed by atoms with E-state index in [0.717, 1.165) is 0 Å². The standard InChI is InChI=1S/C13H13F3O4/c1-2-20-12(19)9-5-3-8(4-6-9)10(17)7-11(18)13(14,15)16/h3-5,9H,2,6-7H2,1H3. The number of allylic oxidation sites excluding steroid dienone is 3. The molecule has 0 bridgehead atoms. The lowest BCUT2D eigenvalue weighted by Crippen LogP contribution is -2.26. The monoisotopic (exact) mass is 290 g/mol. The van der Waals surface area contributed by atoms with Crippen molar-refractivity contribution >= 4 is 17.5 Å². The third kappa shape index (κ3) is 4.32.